The first kappa shape index (κ1) is 15.2. The highest BCUT2D eigenvalue weighted by molar-refractivity contribution is 9.11. The molecule has 1 aromatic rings. The lowest BCUT2D eigenvalue weighted by Gasteiger charge is -2.25. The minimum Gasteiger partial charge on any atom is -0.396 e. The second-order valence-electron chi connectivity index (χ2n) is 4.50. The van der Waals surface area contributed by atoms with Gasteiger partial charge in [-0.1, -0.05) is 44.8 Å². The first-order chi connectivity index (χ1) is 7.95. The van der Waals surface area contributed by atoms with Crippen LogP contribution in [0.5, 0.6) is 0 Å². The van der Waals surface area contributed by atoms with Gasteiger partial charge in [-0.05, 0) is 37.5 Å². The summed E-state index contributed by atoms with van der Waals surface area (Å²) in [5.74, 6) is 0.256. The number of aliphatic hydroxyl groups excluding tert-OH is 1. The summed E-state index contributed by atoms with van der Waals surface area (Å²) in [7, 11) is 0. The first-order valence-electron chi connectivity index (χ1n) is 5.77. The van der Waals surface area contributed by atoms with Gasteiger partial charge in [-0.2, -0.15) is 0 Å². The van der Waals surface area contributed by atoms with Crippen molar-refractivity contribution in [2.45, 2.75) is 32.9 Å². The zero-order chi connectivity index (χ0) is 13.0. The third-order valence-electron chi connectivity index (χ3n) is 3.08. The number of benzene rings is 1. The maximum atomic E-state index is 9.12. The van der Waals surface area contributed by atoms with E-state index in [0.717, 1.165) is 8.95 Å². The normalized spacial score (nSPS) is 16.6. The second kappa shape index (κ2) is 6.88. The molecule has 3 unspecified atom stereocenters. The molecular weight excluding hydrogens is 346 g/mol. The Labute approximate surface area is 120 Å². The molecule has 0 fully saturated rings. The Balaban J connectivity index is 2.72. The highest BCUT2D eigenvalue weighted by Gasteiger charge is 2.16. The molecule has 0 saturated heterocycles. The predicted octanol–water partition coefficient (Wildman–Crippen LogP) is 3.88. The molecule has 4 heteroatoms. The summed E-state index contributed by atoms with van der Waals surface area (Å²) in [5.41, 5.74) is 1.23. The largest absolute Gasteiger partial charge is 0.396 e. The fourth-order valence-corrected chi connectivity index (χ4v) is 3.05. The fraction of sp³-hybridized carbons (Fsp3) is 0.538. The summed E-state index contributed by atoms with van der Waals surface area (Å²) in [6.45, 7) is 6.49. The van der Waals surface area contributed by atoms with Crippen molar-refractivity contribution in [3.8, 4) is 0 Å². The van der Waals surface area contributed by atoms with Crippen LogP contribution in [-0.4, -0.2) is 17.8 Å². The quantitative estimate of drug-likeness (QED) is 0.830. The third kappa shape index (κ3) is 4.36. The molecule has 17 heavy (non-hydrogen) atoms. The molecule has 0 bridgehead atoms. The van der Waals surface area contributed by atoms with Crippen LogP contribution >= 0.6 is 31.9 Å². The van der Waals surface area contributed by atoms with E-state index < -0.39 is 0 Å². The molecule has 1 aromatic carbocycles. The van der Waals surface area contributed by atoms with Gasteiger partial charge in [-0.25, -0.2) is 0 Å². The van der Waals surface area contributed by atoms with E-state index >= 15 is 0 Å². The van der Waals surface area contributed by atoms with E-state index in [1.165, 1.54) is 5.56 Å². The van der Waals surface area contributed by atoms with Crippen molar-refractivity contribution in [2.24, 2.45) is 5.92 Å². The average molecular weight is 365 g/mol. The van der Waals surface area contributed by atoms with Crippen LogP contribution in [0, 0.1) is 5.92 Å². The molecule has 0 heterocycles. The second-order valence-corrected chi connectivity index (χ2v) is 6.27. The Kier molecular flexibility index (Phi) is 6.13. The van der Waals surface area contributed by atoms with Gasteiger partial charge < -0.3 is 10.4 Å². The summed E-state index contributed by atoms with van der Waals surface area (Å²) >= 11 is 7.02. The molecule has 0 amide bonds. The fourth-order valence-electron chi connectivity index (χ4n) is 1.66. The third-order valence-corrected chi connectivity index (χ3v) is 4.26. The summed E-state index contributed by atoms with van der Waals surface area (Å²) in [6, 6.07) is 6.72. The van der Waals surface area contributed by atoms with Gasteiger partial charge >= 0.3 is 0 Å². The molecule has 0 aliphatic heterocycles. The van der Waals surface area contributed by atoms with Gasteiger partial charge in [0.25, 0.3) is 0 Å². The number of rotatable bonds is 5. The molecule has 0 aliphatic carbocycles. The smallest absolute Gasteiger partial charge is 0.0471 e. The van der Waals surface area contributed by atoms with Crippen molar-refractivity contribution < 1.29 is 5.11 Å². The SMILES string of the molecule is CC(NC(C)C(C)CO)c1ccc(Br)cc1Br. The van der Waals surface area contributed by atoms with Crippen molar-refractivity contribution in [2.75, 3.05) is 6.61 Å². The summed E-state index contributed by atoms with van der Waals surface area (Å²) < 4.78 is 2.16. The van der Waals surface area contributed by atoms with Crippen molar-refractivity contribution >= 4 is 31.9 Å². The Morgan fingerprint density at radius 1 is 1.24 bits per heavy atom. The van der Waals surface area contributed by atoms with E-state index in [1.807, 2.05) is 19.1 Å². The lowest BCUT2D eigenvalue weighted by molar-refractivity contribution is 0.202. The Bertz CT molecular complexity index is 370. The van der Waals surface area contributed by atoms with Crippen molar-refractivity contribution in [1.29, 1.82) is 0 Å². The Morgan fingerprint density at radius 3 is 2.41 bits per heavy atom. The van der Waals surface area contributed by atoms with Crippen LogP contribution in [-0.2, 0) is 0 Å². The van der Waals surface area contributed by atoms with E-state index in [4.69, 9.17) is 5.11 Å². The van der Waals surface area contributed by atoms with Crippen LogP contribution in [0.2, 0.25) is 0 Å². The monoisotopic (exact) mass is 363 g/mol. The molecule has 2 nitrogen and oxygen atoms in total. The van der Waals surface area contributed by atoms with Crippen molar-refractivity contribution in [3.63, 3.8) is 0 Å². The van der Waals surface area contributed by atoms with Crippen LogP contribution in [0.15, 0.2) is 27.1 Å². The lowest BCUT2D eigenvalue weighted by atomic mass is 10.0. The van der Waals surface area contributed by atoms with Gasteiger partial charge in [0.1, 0.15) is 0 Å². The predicted molar refractivity (Wildman–Crippen MR) is 79.1 cm³/mol. The molecule has 1 rings (SSSR count). The van der Waals surface area contributed by atoms with Gasteiger partial charge in [0.2, 0.25) is 0 Å². The molecule has 0 aromatic heterocycles. The van der Waals surface area contributed by atoms with Crippen LogP contribution in [0.1, 0.15) is 32.4 Å². The number of hydrogen-bond donors (Lipinski definition) is 2. The summed E-state index contributed by atoms with van der Waals surface area (Å²) in [6.07, 6.45) is 0. The van der Waals surface area contributed by atoms with Crippen LogP contribution in [0.25, 0.3) is 0 Å². The van der Waals surface area contributed by atoms with E-state index in [9.17, 15) is 0 Å². The highest BCUT2D eigenvalue weighted by atomic mass is 79.9. The summed E-state index contributed by atoms with van der Waals surface area (Å²) in [5, 5.41) is 12.6. The van der Waals surface area contributed by atoms with Crippen LogP contribution in [0.3, 0.4) is 0 Å². The molecule has 96 valence electrons. The van der Waals surface area contributed by atoms with Gasteiger partial charge in [-0.15, -0.1) is 0 Å². The first-order valence-corrected chi connectivity index (χ1v) is 7.36. The minimum absolute atomic E-state index is 0.211. The molecule has 2 N–H and O–H groups in total. The van der Waals surface area contributed by atoms with Crippen LogP contribution in [0.4, 0.5) is 0 Å². The summed E-state index contributed by atoms with van der Waals surface area (Å²) in [4.78, 5) is 0. The maximum absolute atomic E-state index is 9.12. The molecule has 0 aliphatic rings. The zero-order valence-corrected chi connectivity index (χ0v) is 13.5. The zero-order valence-electron chi connectivity index (χ0n) is 10.4. The average Bonchev–Trinajstić information content (AvgIpc) is 2.27. The van der Waals surface area contributed by atoms with E-state index in [0.29, 0.717) is 0 Å². The highest BCUT2D eigenvalue weighted by Crippen LogP contribution is 2.27. The molecule has 0 saturated carbocycles. The van der Waals surface area contributed by atoms with Gasteiger partial charge in [0, 0.05) is 27.6 Å². The van der Waals surface area contributed by atoms with Crippen molar-refractivity contribution in [3.05, 3.63) is 32.7 Å². The number of nitrogens with one attached hydrogen (secondary N) is 1. The Hall–Kier alpha value is 0.1000. The molecule has 0 spiro atoms. The number of aliphatic hydroxyl groups is 1. The van der Waals surface area contributed by atoms with Crippen molar-refractivity contribution in [1.82, 2.24) is 5.32 Å². The van der Waals surface area contributed by atoms with Gasteiger partial charge in [0.05, 0.1) is 0 Å². The minimum atomic E-state index is 0.211. The molecule has 3 atom stereocenters. The van der Waals surface area contributed by atoms with Crippen LogP contribution < -0.4 is 5.32 Å². The molecular formula is C13H19Br2NO. The maximum Gasteiger partial charge on any atom is 0.0471 e. The van der Waals surface area contributed by atoms with E-state index in [1.54, 1.807) is 0 Å². The Morgan fingerprint density at radius 2 is 1.88 bits per heavy atom. The van der Waals surface area contributed by atoms with E-state index in [2.05, 4.69) is 57.1 Å². The molecule has 0 radical (unpaired) electrons. The van der Waals surface area contributed by atoms with Gasteiger partial charge in [-0.3, -0.25) is 0 Å². The van der Waals surface area contributed by atoms with Gasteiger partial charge in [0.15, 0.2) is 0 Å². The van der Waals surface area contributed by atoms with E-state index in [-0.39, 0.29) is 24.6 Å². The number of hydrogen-bond acceptors (Lipinski definition) is 2. The standard InChI is InChI=1S/C13H19Br2NO/c1-8(7-17)9(2)16-10(3)12-5-4-11(14)6-13(12)15/h4-6,8-10,16-17H,7H2,1-3H3. The lowest BCUT2D eigenvalue weighted by Crippen LogP contribution is -2.35. The number of halogens is 2. The topological polar surface area (TPSA) is 32.3 Å².